The highest BCUT2D eigenvalue weighted by atomic mass is 32.2. The van der Waals surface area contributed by atoms with Crippen molar-refractivity contribution in [3.63, 3.8) is 0 Å². The zero-order valence-electron chi connectivity index (χ0n) is 20.1. The van der Waals surface area contributed by atoms with Crippen molar-refractivity contribution in [2.75, 3.05) is 40.3 Å². The molecule has 0 spiro atoms. The van der Waals surface area contributed by atoms with Gasteiger partial charge >= 0.3 is 0 Å². The number of aryl methyl sites for hydroxylation is 2. The van der Waals surface area contributed by atoms with Gasteiger partial charge in [0.25, 0.3) is 0 Å². The number of amides is 1. The Kier molecular flexibility index (Phi) is 7.35. The van der Waals surface area contributed by atoms with E-state index in [9.17, 15) is 13.2 Å². The van der Waals surface area contributed by atoms with Gasteiger partial charge < -0.3 is 9.47 Å². The third-order valence-corrected chi connectivity index (χ3v) is 8.29. The number of carbonyl (C=O) groups excluding carboxylic acids is 1. The summed E-state index contributed by atoms with van der Waals surface area (Å²) in [5, 5.41) is 0. The average molecular weight is 484 g/mol. The van der Waals surface area contributed by atoms with E-state index in [2.05, 4.69) is 34.1 Å². The largest absolute Gasteiger partial charge is 0.341 e. The van der Waals surface area contributed by atoms with Crippen LogP contribution in [-0.4, -0.2) is 78.3 Å². The van der Waals surface area contributed by atoms with Crippen molar-refractivity contribution < 1.29 is 13.2 Å². The zero-order chi connectivity index (χ0) is 24.3. The number of rotatable bonds is 7. The van der Waals surface area contributed by atoms with Crippen LogP contribution < -0.4 is 0 Å². The second kappa shape index (κ2) is 10.2. The van der Waals surface area contributed by atoms with E-state index in [4.69, 9.17) is 0 Å². The van der Waals surface area contributed by atoms with Gasteiger partial charge in [0.15, 0.2) is 0 Å². The van der Waals surface area contributed by atoms with E-state index in [1.165, 1.54) is 24.0 Å². The SMILES string of the molecule is CN(C)S(=O)(=O)c1ccc2c(c1)nc(CCC(=O)N1CCCN(Cc3ccccc3)CC1)n2C. The molecule has 0 unspecified atom stereocenters. The molecule has 182 valence electrons. The molecule has 1 aromatic heterocycles. The lowest BCUT2D eigenvalue weighted by molar-refractivity contribution is -0.131. The van der Waals surface area contributed by atoms with E-state index in [1.807, 2.05) is 22.6 Å². The Bertz CT molecular complexity index is 1250. The monoisotopic (exact) mass is 483 g/mol. The van der Waals surface area contributed by atoms with E-state index < -0.39 is 10.0 Å². The van der Waals surface area contributed by atoms with Gasteiger partial charge in [0, 0.05) is 66.7 Å². The highest BCUT2D eigenvalue weighted by Gasteiger charge is 2.21. The molecule has 1 saturated heterocycles. The van der Waals surface area contributed by atoms with Crippen molar-refractivity contribution in [2.45, 2.75) is 30.7 Å². The first-order valence-corrected chi connectivity index (χ1v) is 13.1. The van der Waals surface area contributed by atoms with Crippen LogP contribution in [0, 0.1) is 0 Å². The fourth-order valence-corrected chi connectivity index (χ4v) is 5.34. The second-order valence-corrected chi connectivity index (χ2v) is 11.2. The molecule has 4 rings (SSSR count). The van der Waals surface area contributed by atoms with Crippen LogP contribution >= 0.6 is 0 Å². The maximum atomic E-state index is 13.0. The van der Waals surface area contributed by atoms with Crippen molar-refractivity contribution >= 4 is 27.0 Å². The number of fused-ring (bicyclic) bond motifs is 1. The highest BCUT2D eigenvalue weighted by molar-refractivity contribution is 7.89. The Labute approximate surface area is 201 Å². The molecule has 1 amide bonds. The number of carbonyl (C=O) groups is 1. The third kappa shape index (κ3) is 5.32. The first-order valence-electron chi connectivity index (χ1n) is 11.7. The van der Waals surface area contributed by atoms with Gasteiger partial charge in [-0.15, -0.1) is 0 Å². The van der Waals surface area contributed by atoms with E-state index in [1.54, 1.807) is 18.2 Å². The average Bonchev–Trinajstić information content (AvgIpc) is 2.97. The summed E-state index contributed by atoms with van der Waals surface area (Å²) >= 11 is 0. The van der Waals surface area contributed by atoms with E-state index in [0.717, 1.165) is 50.5 Å². The van der Waals surface area contributed by atoms with E-state index >= 15 is 0 Å². The number of sulfonamides is 1. The topological polar surface area (TPSA) is 78.8 Å². The molecule has 9 heteroatoms. The van der Waals surface area contributed by atoms with Crippen molar-refractivity contribution in [3.05, 3.63) is 59.9 Å². The molecule has 0 radical (unpaired) electrons. The maximum Gasteiger partial charge on any atom is 0.242 e. The molecule has 1 fully saturated rings. The fraction of sp³-hybridized carbons (Fsp3) is 0.440. The molecule has 8 nitrogen and oxygen atoms in total. The number of hydrogen-bond donors (Lipinski definition) is 0. The summed E-state index contributed by atoms with van der Waals surface area (Å²) in [5.74, 6) is 0.924. The van der Waals surface area contributed by atoms with Crippen molar-refractivity contribution in [1.82, 2.24) is 23.7 Å². The lowest BCUT2D eigenvalue weighted by Crippen LogP contribution is -2.35. The van der Waals surface area contributed by atoms with Crippen LogP contribution in [0.5, 0.6) is 0 Å². The molecule has 0 aliphatic carbocycles. The maximum absolute atomic E-state index is 13.0. The predicted octanol–water partition coefficient (Wildman–Crippen LogP) is 2.49. The molecule has 3 aromatic rings. The van der Waals surface area contributed by atoms with Crippen molar-refractivity contribution in [3.8, 4) is 0 Å². The zero-order valence-corrected chi connectivity index (χ0v) is 21.0. The molecular weight excluding hydrogens is 450 g/mol. The predicted molar refractivity (Wildman–Crippen MR) is 133 cm³/mol. The first-order chi connectivity index (χ1) is 16.3. The highest BCUT2D eigenvalue weighted by Crippen LogP contribution is 2.22. The van der Waals surface area contributed by atoms with Gasteiger partial charge in [-0.2, -0.15) is 0 Å². The van der Waals surface area contributed by atoms with Gasteiger partial charge in [0.1, 0.15) is 5.82 Å². The van der Waals surface area contributed by atoms with Crippen LogP contribution in [0.1, 0.15) is 24.2 Å². The Morgan fingerprint density at radius 3 is 2.53 bits per heavy atom. The minimum absolute atomic E-state index is 0.143. The van der Waals surface area contributed by atoms with Gasteiger partial charge in [0.05, 0.1) is 15.9 Å². The minimum atomic E-state index is -3.52. The van der Waals surface area contributed by atoms with Crippen LogP contribution in [0.25, 0.3) is 11.0 Å². The van der Waals surface area contributed by atoms with Crippen molar-refractivity contribution in [1.29, 1.82) is 0 Å². The summed E-state index contributed by atoms with van der Waals surface area (Å²) in [6.07, 6.45) is 1.87. The Balaban J connectivity index is 1.37. The van der Waals surface area contributed by atoms with E-state index in [0.29, 0.717) is 18.4 Å². The summed E-state index contributed by atoms with van der Waals surface area (Å²) in [7, 11) is 1.41. The Hall–Kier alpha value is -2.75. The summed E-state index contributed by atoms with van der Waals surface area (Å²) in [5.41, 5.74) is 2.77. The summed E-state index contributed by atoms with van der Waals surface area (Å²) in [6, 6.07) is 15.4. The molecule has 1 aliphatic heterocycles. The first kappa shape index (κ1) is 24.4. The summed E-state index contributed by atoms with van der Waals surface area (Å²) in [4.78, 5) is 22.2. The quantitative estimate of drug-likeness (QED) is 0.516. The minimum Gasteiger partial charge on any atom is -0.341 e. The number of imidazole rings is 1. The van der Waals surface area contributed by atoms with Gasteiger partial charge in [-0.05, 0) is 30.2 Å². The molecule has 0 saturated carbocycles. The lowest BCUT2D eigenvalue weighted by atomic mass is 10.2. The Morgan fingerprint density at radius 2 is 1.79 bits per heavy atom. The second-order valence-electron chi connectivity index (χ2n) is 9.02. The number of aromatic nitrogens is 2. The smallest absolute Gasteiger partial charge is 0.242 e. The van der Waals surface area contributed by atoms with Crippen LogP contribution in [0.4, 0.5) is 0 Å². The normalized spacial score (nSPS) is 15.7. The molecular formula is C25H33N5O3S. The van der Waals surface area contributed by atoms with Crippen LogP contribution in [0.3, 0.4) is 0 Å². The Morgan fingerprint density at radius 1 is 1.03 bits per heavy atom. The van der Waals surface area contributed by atoms with Gasteiger partial charge in [-0.25, -0.2) is 17.7 Å². The number of nitrogens with zero attached hydrogens (tertiary/aromatic N) is 5. The van der Waals surface area contributed by atoms with E-state index in [-0.39, 0.29) is 10.8 Å². The summed E-state index contributed by atoms with van der Waals surface area (Å²) < 4.78 is 28.0. The molecule has 0 N–H and O–H groups in total. The van der Waals surface area contributed by atoms with Crippen LogP contribution in [-0.2, 0) is 34.8 Å². The molecule has 2 heterocycles. The summed E-state index contributed by atoms with van der Waals surface area (Å²) in [6.45, 7) is 4.28. The van der Waals surface area contributed by atoms with Crippen LogP contribution in [0.2, 0.25) is 0 Å². The molecule has 34 heavy (non-hydrogen) atoms. The number of benzene rings is 2. The molecule has 0 atom stereocenters. The van der Waals surface area contributed by atoms with Gasteiger partial charge in [-0.3, -0.25) is 9.69 Å². The van der Waals surface area contributed by atoms with Gasteiger partial charge in [-0.1, -0.05) is 30.3 Å². The molecule has 2 aromatic carbocycles. The van der Waals surface area contributed by atoms with Crippen LogP contribution in [0.15, 0.2) is 53.4 Å². The van der Waals surface area contributed by atoms with Gasteiger partial charge in [0.2, 0.25) is 15.9 Å². The molecule has 0 bridgehead atoms. The third-order valence-electron chi connectivity index (χ3n) is 6.48. The fourth-order valence-electron chi connectivity index (χ4n) is 4.42. The standard InChI is InChI=1S/C25H33N5O3S/c1-27(2)34(32,33)21-10-11-23-22(18-21)26-24(28(23)3)12-13-25(31)30-15-7-14-29(16-17-30)19-20-8-5-4-6-9-20/h4-6,8-11,18H,7,12-17,19H2,1-3H3. The lowest BCUT2D eigenvalue weighted by Gasteiger charge is -2.22. The van der Waals surface area contributed by atoms with Crippen molar-refractivity contribution in [2.24, 2.45) is 7.05 Å². The number of hydrogen-bond acceptors (Lipinski definition) is 5. The molecule has 1 aliphatic rings.